The number of benzene rings is 2. The van der Waals surface area contributed by atoms with E-state index in [0.29, 0.717) is 71.4 Å². The van der Waals surface area contributed by atoms with Crippen LogP contribution in [0.4, 0.5) is 0 Å². The molecule has 0 spiro atoms. The Morgan fingerprint density at radius 3 is 1.70 bits per heavy atom. The summed E-state index contributed by atoms with van der Waals surface area (Å²) < 4.78 is 13.3. The number of nitrogens with one attached hydrogen (secondary N) is 1. The normalized spacial score (nSPS) is 25.2. The minimum absolute atomic E-state index is 0.000447. The van der Waals surface area contributed by atoms with Gasteiger partial charge in [-0.2, -0.15) is 0 Å². The number of carbonyl (C=O) groups excluding carboxylic acids is 3. The highest BCUT2D eigenvalue weighted by Gasteiger charge is 2.48. The second-order valence-corrected chi connectivity index (χ2v) is 21.6. The Kier molecular flexibility index (Phi) is 16.0. The summed E-state index contributed by atoms with van der Waals surface area (Å²) in [6, 6.07) is 1.43. The van der Waals surface area contributed by atoms with Crippen molar-refractivity contribution in [1.82, 2.24) is 15.1 Å². The third-order valence-electron chi connectivity index (χ3n) is 15.4. The third kappa shape index (κ3) is 11.3. The molecule has 4 aliphatic heterocycles. The Labute approximate surface area is 413 Å². The highest BCUT2D eigenvalue weighted by atomic mass is 16.5. The molecule has 0 aromatic heterocycles. The number of phenols is 2. The summed E-state index contributed by atoms with van der Waals surface area (Å²) in [6.07, 6.45) is 14.3. The quantitative estimate of drug-likeness (QED) is 0.0691. The molecule has 1 aliphatic carbocycles. The molecule has 0 saturated heterocycles. The molecule has 2 aromatic carbocycles. The molecular formula is C56H75N3O11. The molecule has 1 fully saturated rings. The van der Waals surface area contributed by atoms with Crippen molar-refractivity contribution >= 4 is 23.7 Å². The van der Waals surface area contributed by atoms with Crippen LogP contribution in [-0.2, 0) is 35.5 Å². The maximum atomic E-state index is 14.4. The van der Waals surface area contributed by atoms with Gasteiger partial charge in [0.15, 0.2) is 0 Å². The largest absolute Gasteiger partial charge is 0.508 e. The van der Waals surface area contributed by atoms with Crippen LogP contribution >= 0.6 is 0 Å². The molecule has 3 amide bonds. The number of aliphatic carboxylic acids is 1. The molecule has 70 heavy (non-hydrogen) atoms. The fraction of sp³-hybridized carbons (Fsp3) is 0.571. The fourth-order valence-electron chi connectivity index (χ4n) is 10.6. The number of aliphatic hydroxyl groups is 2. The van der Waals surface area contributed by atoms with Crippen molar-refractivity contribution in [2.45, 2.75) is 194 Å². The summed E-state index contributed by atoms with van der Waals surface area (Å²) in [6.45, 7) is 16.6. The summed E-state index contributed by atoms with van der Waals surface area (Å²) in [7, 11) is 0. The average molecular weight is 966 g/mol. The number of carboxylic acids is 1. The van der Waals surface area contributed by atoms with E-state index in [2.05, 4.69) is 71.2 Å². The van der Waals surface area contributed by atoms with Crippen LogP contribution in [0.1, 0.15) is 175 Å². The summed E-state index contributed by atoms with van der Waals surface area (Å²) in [5, 5.41) is 57.7. The van der Waals surface area contributed by atoms with Gasteiger partial charge in [0.05, 0.1) is 42.3 Å². The maximum absolute atomic E-state index is 14.4. The number of phenolic OH excluding ortho intramolecular Hbond substituents is 2. The van der Waals surface area contributed by atoms with E-state index in [1.54, 1.807) is 4.90 Å². The van der Waals surface area contributed by atoms with Gasteiger partial charge in [-0.25, -0.2) is 0 Å². The van der Waals surface area contributed by atoms with Crippen molar-refractivity contribution in [2.75, 3.05) is 6.54 Å². The average Bonchev–Trinajstić information content (AvgIpc) is 3.76. The Morgan fingerprint density at radius 1 is 0.729 bits per heavy atom. The van der Waals surface area contributed by atoms with Crippen LogP contribution < -0.4 is 14.8 Å². The minimum Gasteiger partial charge on any atom is -0.508 e. The number of ether oxygens (including phenoxy) is 2. The Balaban J connectivity index is 1.06. The molecule has 7 rings (SSSR count). The Bertz CT molecular complexity index is 2490. The first-order chi connectivity index (χ1) is 33.1. The summed E-state index contributed by atoms with van der Waals surface area (Å²) >= 11 is 0. The van der Waals surface area contributed by atoms with Crippen molar-refractivity contribution in [2.24, 2.45) is 5.92 Å². The molecule has 0 bridgehead atoms. The lowest BCUT2D eigenvalue weighted by Gasteiger charge is -2.41. The highest BCUT2D eigenvalue weighted by molar-refractivity contribution is 6.03. The van der Waals surface area contributed by atoms with Gasteiger partial charge >= 0.3 is 5.97 Å². The van der Waals surface area contributed by atoms with E-state index < -0.39 is 53.2 Å². The van der Waals surface area contributed by atoms with Crippen molar-refractivity contribution in [3.63, 3.8) is 0 Å². The molecular weight excluding hydrogens is 891 g/mol. The zero-order valence-corrected chi connectivity index (χ0v) is 42.5. The van der Waals surface area contributed by atoms with Crippen LogP contribution in [0.5, 0.6) is 23.0 Å². The number of nitrogens with zero attached hydrogens (tertiary/aromatic N) is 2. The fourth-order valence-corrected chi connectivity index (χ4v) is 10.6. The van der Waals surface area contributed by atoms with Gasteiger partial charge in [-0.05, 0) is 145 Å². The van der Waals surface area contributed by atoms with E-state index in [0.717, 1.165) is 25.7 Å². The predicted octanol–water partition coefficient (Wildman–Crippen LogP) is 8.89. The molecule has 14 nitrogen and oxygen atoms in total. The van der Waals surface area contributed by atoms with Crippen LogP contribution in [0.3, 0.4) is 0 Å². The van der Waals surface area contributed by atoms with E-state index in [1.807, 2.05) is 13.8 Å². The number of amides is 3. The second-order valence-electron chi connectivity index (χ2n) is 21.6. The van der Waals surface area contributed by atoms with Crippen LogP contribution in [0.15, 0.2) is 58.7 Å². The number of aromatic hydroxyl groups is 2. The van der Waals surface area contributed by atoms with Crippen LogP contribution in [-0.4, -0.2) is 101 Å². The van der Waals surface area contributed by atoms with Gasteiger partial charge < -0.3 is 50.1 Å². The number of rotatable bonds is 20. The van der Waals surface area contributed by atoms with Crippen LogP contribution in [0.25, 0.3) is 0 Å². The highest BCUT2D eigenvalue weighted by Crippen LogP contribution is 2.48. The van der Waals surface area contributed by atoms with E-state index in [9.17, 15) is 44.7 Å². The molecule has 4 heterocycles. The zero-order chi connectivity index (χ0) is 50.8. The van der Waals surface area contributed by atoms with Crippen LogP contribution in [0.2, 0.25) is 0 Å². The first-order valence-electron chi connectivity index (χ1n) is 25.3. The van der Waals surface area contributed by atoms with Crippen molar-refractivity contribution in [3.05, 3.63) is 92.1 Å². The van der Waals surface area contributed by atoms with Crippen molar-refractivity contribution < 1.29 is 54.2 Å². The van der Waals surface area contributed by atoms with Gasteiger partial charge in [-0.1, -0.05) is 46.6 Å². The van der Waals surface area contributed by atoms with Gasteiger partial charge in [-0.3, -0.25) is 19.2 Å². The zero-order valence-electron chi connectivity index (χ0n) is 42.5. The minimum atomic E-state index is -1.02. The number of allylic oxidation sites excluding steroid dienone is 8. The first-order valence-corrected chi connectivity index (χ1v) is 25.3. The van der Waals surface area contributed by atoms with E-state index >= 15 is 0 Å². The number of hydrogen-bond acceptors (Lipinski definition) is 10. The van der Waals surface area contributed by atoms with Crippen LogP contribution in [0, 0.1) is 5.92 Å². The van der Waals surface area contributed by atoms with Gasteiger partial charge in [-0.15, -0.1) is 0 Å². The van der Waals surface area contributed by atoms with Crippen molar-refractivity contribution in [1.29, 1.82) is 0 Å². The van der Waals surface area contributed by atoms with E-state index in [4.69, 9.17) is 9.47 Å². The molecule has 5 aliphatic rings. The molecule has 380 valence electrons. The lowest BCUT2D eigenvalue weighted by Crippen LogP contribution is -2.54. The molecule has 0 radical (unpaired) electrons. The molecule has 0 unspecified atom stereocenters. The second kappa shape index (κ2) is 21.4. The SMILES string of the molecule is CC(C)=CCC/C(C)=C/CC[C@@]1(C)Oc2c(c(O)cc3c2CN(CCC[C@@H](C(=O)NC2CC(C(=O)O)C2)N2Cc4c(cc(O)c5c4O[C@](C)(CC/C=C(\C)CCC=C(C)C)[C@@H](O)C5)C2=O)C3=O)C[C@@H]1O. The third-order valence-corrected chi connectivity index (χ3v) is 15.4. The number of hydrogen-bond donors (Lipinski definition) is 6. The van der Waals surface area contributed by atoms with Crippen molar-refractivity contribution in [3.8, 4) is 23.0 Å². The Hall–Kier alpha value is -5.60. The first kappa shape index (κ1) is 52.2. The molecule has 1 saturated carbocycles. The van der Waals surface area contributed by atoms with Gasteiger partial charge in [0.1, 0.15) is 40.2 Å². The number of fused-ring (bicyclic) bond motifs is 6. The number of carboxylic acid groups (broad SMARTS) is 1. The molecule has 5 atom stereocenters. The maximum Gasteiger partial charge on any atom is 0.306 e. The van der Waals surface area contributed by atoms with Gasteiger partial charge in [0, 0.05) is 47.7 Å². The summed E-state index contributed by atoms with van der Waals surface area (Å²) in [5.74, 6) is -2.25. The Morgan fingerprint density at radius 2 is 1.21 bits per heavy atom. The van der Waals surface area contributed by atoms with Gasteiger partial charge in [0.25, 0.3) is 11.8 Å². The lowest BCUT2D eigenvalue weighted by molar-refractivity contribution is -0.146. The molecule has 6 N–H and O–H groups in total. The molecule has 14 heteroatoms. The van der Waals surface area contributed by atoms with Gasteiger partial charge in [0.2, 0.25) is 5.91 Å². The molecule has 2 aromatic rings. The van der Waals surface area contributed by atoms with E-state index in [-0.39, 0.29) is 80.7 Å². The smallest absolute Gasteiger partial charge is 0.306 e. The predicted molar refractivity (Wildman–Crippen MR) is 267 cm³/mol. The number of carbonyl (C=O) groups is 4. The number of aliphatic hydroxyl groups excluding tert-OH is 2. The lowest BCUT2D eigenvalue weighted by atomic mass is 9.80. The topological polar surface area (TPSA) is 206 Å². The summed E-state index contributed by atoms with van der Waals surface area (Å²) in [4.78, 5) is 57.5. The van der Waals surface area contributed by atoms with E-state index in [1.165, 1.54) is 39.3 Å². The standard InChI is InChI=1S/C56H75N3O11/c1-32(2)14-9-16-34(5)18-11-21-55(7)47(62)28-40-45(60)26-38-42(49(40)69-55)30-58(52(38)65)23-13-20-44(51(64)57-37-24-36(25-37)54(67)68)59-31-43-39(53(59)66)27-46(61)41-29-48(63)56(8,70-50(41)43)22-12-19-35(6)17-10-15-33(3)4/h14-15,18-19,26-27,36-37,44,47-48,60-63H,9-13,16-17,20-25,28-31H2,1-8H3,(H,57,64)(H,67,68)/b34-18+,35-19+/t36?,37?,44-,47-,48-,55+,56+/m0/s1. The monoisotopic (exact) mass is 966 g/mol. The summed E-state index contributed by atoms with van der Waals surface area (Å²) in [5.41, 5.74) is 5.59.